The van der Waals surface area contributed by atoms with E-state index >= 15 is 0 Å². The molecule has 0 spiro atoms. The summed E-state index contributed by atoms with van der Waals surface area (Å²) in [5.74, 6) is 0.00272. The van der Waals surface area contributed by atoms with E-state index in [-0.39, 0.29) is 54.7 Å². The lowest BCUT2D eigenvalue weighted by Crippen LogP contribution is -2.63. The van der Waals surface area contributed by atoms with Gasteiger partial charge in [-0.2, -0.15) is 0 Å². The first-order valence-electron chi connectivity index (χ1n) is 10.1. The van der Waals surface area contributed by atoms with Crippen molar-refractivity contribution in [2.75, 3.05) is 27.4 Å². The second-order valence-electron chi connectivity index (χ2n) is 7.35. The van der Waals surface area contributed by atoms with E-state index in [1.165, 1.54) is 26.4 Å². The molecule has 2 rings (SSSR count). The molecule has 0 radical (unpaired) electrons. The highest BCUT2D eigenvalue weighted by Gasteiger charge is 2.44. The maximum atomic E-state index is 12.3. The van der Waals surface area contributed by atoms with Gasteiger partial charge in [0.1, 0.15) is 18.3 Å². The van der Waals surface area contributed by atoms with Gasteiger partial charge in [0.2, 0.25) is 5.91 Å². The number of aliphatic hydroxyl groups excluding tert-OH is 3. The lowest BCUT2D eigenvalue weighted by atomic mass is 9.93. The van der Waals surface area contributed by atoms with Crippen molar-refractivity contribution in [3.05, 3.63) is 27.8 Å². The molecule has 0 saturated carbocycles. The van der Waals surface area contributed by atoms with Crippen LogP contribution in [0.4, 0.5) is 5.69 Å². The van der Waals surface area contributed by atoms with Crippen molar-refractivity contribution in [1.29, 1.82) is 0 Å². The van der Waals surface area contributed by atoms with Crippen LogP contribution in [-0.4, -0.2) is 84.0 Å². The number of carbonyl (C=O) groups is 1. The average Bonchev–Trinajstić information content (AvgIpc) is 2.78. The topological polar surface area (TPSA) is 170 Å². The number of ether oxygens (including phenoxy) is 4. The van der Waals surface area contributed by atoms with Crippen molar-refractivity contribution in [1.82, 2.24) is 5.32 Å². The third kappa shape index (κ3) is 6.04. The van der Waals surface area contributed by atoms with Crippen LogP contribution in [0.3, 0.4) is 0 Å². The van der Waals surface area contributed by atoms with Gasteiger partial charge < -0.3 is 39.6 Å². The van der Waals surface area contributed by atoms with Crippen LogP contribution in [0.2, 0.25) is 0 Å². The van der Waals surface area contributed by atoms with E-state index in [9.17, 15) is 30.2 Å². The molecule has 1 fully saturated rings. The smallest absolute Gasteiger partial charge is 0.278 e. The molecule has 1 amide bonds. The number of methoxy groups -OCH3 is 2. The van der Waals surface area contributed by atoms with E-state index in [0.29, 0.717) is 0 Å². The van der Waals surface area contributed by atoms with Gasteiger partial charge in [-0.05, 0) is 19.4 Å². The van der Waals surface area contributed by atoms with Crippen molar-refractivity contribution in [2.24, 2.45) is 0 Å². The SMILES string of the molecule is COc1cc(CO)c([N+](=O)[O-])cc1OCCCC(=O)NC1C(C)OC(CO)C(OC)C1O. The summed E-state index contributed by atoms with van der Waals surface area (Å²) in [5, 5.41) is 43.0. The molecule has 180 valence electrons. The summed E-state index contributed by atoms with van der Waals surface area (Å²) in [4.78, 5) is 22.9. The Kier molecular flexibility index (Phi) is 9.60. The predicted molar refractivity (Wildman–Crippen MR) is 110 cm³/mol. The fourth-order valence-corrected chi connectivity index (χ4v) is 3.61. The van der Waals surface area contributed by atoms with Gasteiger partial charge in [0.15, 0.2) is 11.5 Å². The molecule has 4 N–H and O–H groups in total. The molecule has 5 unspecified atom stereocenters. The van der Waals surface area contributed by atoms with Gasteiger partial charge in [0.05, 0.1) is 55.6 Å². The highest BCUT2D eigenvalue weighted by Crippen LogP contribution is 2.35. The number of hydrogen-bond acceptors (Lipinski definition) is 10. The molecule has 12 heteroatoms. The summed E-state index contributed by atoms with van der Waals surface area (Å²) in [6.45, 7) is 0.914. The molecule has 0 aromatic heterocycles. The predicted octanol–water partition coefficient (Wildman–Crippen LogP) is -0.105. The van der Waals surface area contributed by atoms with E-state index < -0.39 is 42.0 Å². The number of nitro benzene ring substituents is 1. The summed E-state index contributed by atoms with van der Waals surface area (Å²) in [7, 11) is 2.76. The minimum absolute atomic E-state index is 0.0656. The van der Waals surface area contributed by atoms with Gasteiger partial charge in [-0.1, -0.05) is 0 Å². The number of hydrogen-bond donors (Lipinski definition) is 4. The number of benzene rings is 1. The average molecular weight is 458 g/mol. The molecule has 1 aliphatic rings. The van der Waals surface area contributed by atoms with Gasteiger partial charge >= 0.3 is 0 Å². The molecule has 5 atom stereocenters. The largest absolute Gasteiger partial charge is 0.493 e. The number of nitrogens with one attached hydrogen (secondary N) is 1. The summed E-state index contributed by atoms with van der Waals surface area (Å²) in [6, 6.07) is 1.78. The van der Waals surface area contributed by atoms with E-state index in [0.717, 1.165) is 0 Å². The molecule has 32 heavy (non-hydrogen) atoms. The second-order valence-corrected chi connectivity index (χ2v) is 7.35. The summed E-state index contributed by atoms with van der Waals surface area (Å²) < 4.78 is 21.5. The number of rotatable bonds is 11. The van der Waals surface area contributed by atoms with Crippen LogP contribution in [0.15, 0.2) is 12.1 Å². The molecule has 1 heterocycles. The van der Waals surface area contributed by atoms with E-state index in [1.54, 1.807) is 6.92 Å². The zero-order chi connectivity index (χ0) is 23.8. The molecule has 0 bridgehead atoms. The molecule has 1 aromatic rings. The number of carbonyl (C=O) groups excluding carboxylic acids is 1. The van der Waals surface area contributed by atoms with Gasteiger partial charge in [-0.3, -0.25) is 14.9 Å². The van der Waals surface area contributed by atoms with E-state index in [4.69, 9.17) is 18.9 Å². The molecular formula is C20H30N2O10. The number of aliphatic hydroxyl groups is 3. The Morgan fingerprint density at radius 1 is 1.28 bits per heavy atom. The Hall–Kier alpha value is -2.51. The van der Waals surface area contributed by atoms with Crippen LogP contribution in [-0.2, 0) is 20.9 Å². The van der Waals surface area contributed by atoms with Crippen LogP contribution >= 0.6 is 0 Å². The Balaban J connectivity index is 1.91. The molecule has 1 aliphatic heterocycles. The van der Waals surface area contributed by atoms with Crippen LogP contribution < -0.4 is 14.8 Å². The Labute approximate surface area is 185 Å². The zero-order valence-corrected chi connectivity index (χ0v) is 18.2. The highest BCUT2D eigenvalue weighted by molar-refractivity contribution is 5.76. The maximum Gasteiger partial charge on any atom is 0.278 e. The minimum Gasteiger partial charge on any atom is -0.493 e. The molecule has 1 aromatic carbocycles. The maximum absolute atomic E-state index is 12.3. The van der Waals surface area contributed by atoms with Crippen LogP contribution in [0.1, 0.15) is 25.3 Å². The Morgan fingerprint density at radius 3 is 2.56 bits per heavy atom. The normalized spacial score (nSPS) is 25.2. The molecule has 12 nitrogen and oxygen atoms in total. The first kappa shape index (κ1) is 25.7. The van der Waals surface area contributed by atoms with E-state index in [2.05, 4.69) is 5.32 Å². The van der Waals surface area contributed by atoms with Crippen molar-refractivity contribution in [2.45, 2.75) is 56.8 Å². The van der Waals surface area contributed by atoms with Gasteiger partial charge in [0.25, 0.3) is 5.69 Å². The van der Waals surface area contributed by atoms with Gasteiger partial charge in [-0.25, -0.2) is 0 Å². The van der Waals surface area contributed by atoms with Crippen molar-refractivity contribution in [3.8, 4) is 11.5 Å². The lowest BCUT2D eigenvalue weighted by molar-refractivity contribution is -0.385. The second kappa shape index (κ2) is 11.9. The van der Waals surface area contributed by atoms with E-state index in [1.807, 2.05) is 0 Å². The molecule has 1 saturated heterocycles. The number of nitrogens with zero attached hydrogens (tertiary/aromatic N) is 1. The third-order valence-corrected chi connectivity index (χ3v) is 5.28. The van der Waals surface area contributed by atoms with Gasteiger partial charge in [-0.15, -0.1) is 0 Å². The lowest BCUT2D eigenvalue weighted by Gasteiger charge is -2.42. The van der Waals surface area contributed by atoms with Crippen LogP contribution in [0.25, 0.3) is 0 Å². The quantitative estimate of drug-likeness (QED) is 0.199. The first-order chi connectivity index (χ1) is 15.3. The minimum atomic E-state index is -1.06. The molecular weight excluding hydrogens is 428 g/mol. The Bertz CT molecular complexity index is 790. The number of nitro groups is 1. The highest BCUT2D eigenvalue weighted by atomic mass is 16.6. The van der Waals surface area contributed by atoms with Crippen molar-refractivity contribution < 1.29 is 44.0 Å². The van der Waals surface area contributed by atoms with Crippen LogP contribution in [0.5, 0.6) is 11.5 Å². The zero-order valence-electron chi connectivity index (χ0n) is 18.2. The Morgan fingerprint density at radius 2 is 2.00 bits per heavy atom. The standard InChI is InChI=1S/C20H30N2O10/c1-11-18(19(26)20(30-3)16(10-24)32-11)21-17(25)5-4-6-31-15-8-13(22(27)28)12(9-23)7-14(15)29-2/h7-8,11,16,18-20,23-24,26H,4-6,9-10H2,1-3H3,(H,21,25). The number of amides is 1. The molecule has 0 aliphatic carbocycles. The summed E-state index contributed by atoms with van der Waals surface area (Å²) >= 11 is 0. The van der Waals surface area contributed by atoms with Crippen molar-refractivity contribution in [3.63, 3.8) is 0 Å². The summed E-state index contributed by atoms with van der Waals surface area (Å²) in [5.41, 5.74) is -0.200. The summed E-state index contributed by atoms with van der Waals surface area (Å²) in [6.07, 6.45) is -2.72. The fraction of sp³-hybridized carbons (Fsp3) is 0.650. The van der Waals surface area contributed by atoms with Crippen LogP contribution in [0, 0.1) is 10.1 Å². The van der Waals surface area contributed by atoms with Crippen molar-refractivity contribution >= 4 is 11.6 Å². The third-order valence-electron chi connectivity index (χ3n) is 5.28. The first-order valence-corrected chi connectivity index (χ1v) is 10.1. The van der Waals surface area contributed by atoms with Gasteiger partial charge in [0, 0.05) is 13.5 Å². The fourth-order valence-electron chi connectivity index (χ4n) is 3.61. The monoisotopic (exact) mass is 458 g/mol.